The summed E-state index contributed by atoms with van der Waals surface area (Å²) >= 11 is 1.28. The number of amidine groups is 1. The van der Waals surface area contributed by atoms with Crippen LogP contribution in [-0.4, -0.2) is 28.8 Å². The van der Waals surface area contributed by atoms with Gasteiger partial charge in [0.25, 0.3) is 0 Å². The molecule has 122 valence electrons. The van der Waals surface area contributed by atoms with E-state index in [0.717, 1.165) is 16.5 Å². The van der Waals surface area contributed by atoms with Crippen molar-refractivity contribution in [3.8, 4) is 0 Å². The molecule has 6 heteroatoms. The van der Waals surface area contributed by atoms with E-state index in [1.807, 2.05) is 42.5 Å². The van der Waals surface area contributed by atoms with Crippen LogP contribution in [0.4, 0.5) is 5.69 Å². The summed E-state index contributed by atoms with van der Waals surface area (Å²) in [5.74, 6) is -0.376. The topological polar surface area (TPSA) is 70.6 Å². The van der Waals surface area contributed by atoms with Crippen LogP contribution in [0.15, 0.2) is 60.1 Å². The lowest BCUT2D eigenvalue weighted by atomic mass is 10.1. The second-order valence-electron chi connectivity index (χ2n) is 5.34. The van der Waals surface area contributed by atoms with Crippen LogP contribution < -0.4 is 10.6 Å². The highest BCUT2D eigenvalue weighted by Gasteiger charge is 2.31. The smallest absolute Gasteiger partial charge is 0.240 e. The van der Waals surface area contributed by atoms with Crippen LogP contribution in [-0.2, 0) is 9.59 Å². The third kappa shape index (κ3) is 3.83. The largest absolute Gasteiger partial charge is 0.326 e. The van der Waals surface area contributed by atoms with Crippen molar-refractivity contribution in [1.82, 2.24) is 5.32 Å². The molecule has 1 saturated heterocycles. The van der Waals surface area contributed by atoms with Crippen LogP contribution in [0.25, 0.3) is 10.8 Å². The zero-order valence-electron chi connectivity index (χ0n) is 13.0. The zero-order chi connectivity index (χ0) is 16.9. The number of hydrogen-bond acceptors (Lipinski definition) is 4. The van der Waals surface area contributed by atoms with Crippen molar-refractivity contribution in [3.63, 3.8) is 0 Å². The standard InChI is InChI=1S/C18H17N3O2S/c1-2-9-19-18-21-17(23)15(24-18)11-16(22)20-14-8-7-12-5-3-4-6-13(12)10-14/h2-8,10,15H,1,9,11H2,(H,20,22)(H,19,21,23)/t15-/m0/s1. The van der Waals surface area contributed by atoms with E-state index in [1.165, 1.54) is 11.8 Å². The minimum Gasteiger partial charge on any atom is -0.326 e. The molecule has 0 spiro atoms. The van der Waals surface area contributed by atoms with Gasteiger partial charge in [0.05, 0.1) is 6.54 Å². The highest BCUT2D eigenvalue weighted by molar-refractivity contribution is 8.15. The second-order valence-corrected chi connectivity index (χ2v) is 6.54. The Kier molecular flexibility index (Phi) is 4.96. The van der Waals surface area contributed by atoms with Gasteiger partial charge in [-0.15, -0.1) is 6.58 Å². The fourth-order valence-corrected chi connectivity index (χ4v) is 3.39. The highest BCUT2D eigenvalue weighted by atomic mass is 32.2. The van der Waals surface area contributed by atoms with Crippen molar-refractivity contribution in [1.29, 1.82) is 0 Å². The fourth-order valence-electron chi connectivity index (χ4n) is 2.41. The van der Waals surface area contributed by atoms with Gasteiger partial charge in [-0.3, -0.25) is 14.6 Å². The molecule has 0 aliphatic carbocycles. The molecule has 1 fully saturated rings. The normalized spacial score (nSPS) is 18.6. The summed E-state index contributed by atoms with van der Waals surface area (Å²) in [5.41, 5.74) is 0.725. The maximum absolute atomic E-state index is 12.2. The Labute approximate surface area is 144 Å². The third-order valence-corrected chi connectivity index (χ3v) is 4.66. The summed E-state index contributed by atoms with van der Waals surface area (Å²) in [6, 6.07) is 13.7. The number of benzene rings is 2. The molecule has 1 heterocycles. The lowest BCUT2D eigenvalue weighted by Gasteiger charge is -2.08. The first-order valence-electron chi connectivity index (χ1n) is 7.57. The predicted molar refractivity (Wildman–Crippen MR) is 99.2 cm³/mol. The predicted octanol–water partition coefficient (Wildman–Crippen LogP) is 2.94. The van der Waals surface area contributed by atoms with Crippen LogP contribution in [0.1, 0.15) is 6.42 Å². The molecule has 2 aromatic rings. The van der Waals surface area contributed by atoms with E-state index in [4.69, 9.17) is 0 Å². The van der Waals surface area contributed by atoms with Gasteiger partial charge in [-0.25, -0.2) is 0 Å². The fraction of sp³-hybridized carbons (Fsp3) is 0.167. The van der Waals surface area contributed by atoms with E-state index in [0.29, 0.717) is 11.7 Å². The number of nitrogens with one attached hydrogen (secondary N) is 2. The van der Waals surface area contributed by atoms with Gasteiger partial charge in [0.1, 0.15) is 5.25 Å². The molecule has 24 heavy (non-hydrogen) atoms. The van der Waals surface area contributed by atoms with Crippen molar-refractivity contribution >= 4 is 45.2 Å². The van der Waals surface area contributed by atoms with Crippen molar-refractivity contribution in [2.75, 3.05) is 11.9 Å². The first-order valence-corrected chi connectivity index (χ1v) is 8.45. The maximum Gasteiger partial charge on any atom is 0.240 e. The number of amides is 2. The maximum atomic E-state index is 12.2. The number of carbonyl (C=O) groups is 2. The van der Waals surface area contributed by atoms with Gasteiger partial charge in [-0.2, -0.15) is 0 Å². The van der Waals surface area contributed by atoms with Crippen LogP contribution in [0.3, 0.4) is 0 Å². The molecule has 1 aliphatic heterocycles. The Balaban J connectivity index is 1.62. The molecule has 2 amide bonds. The first kappa shape index (κ1) is 16.3. The summed E-state index contributed by atoms with van der Waals surface area (Å²) in [4.78, 5) is 28.3. The second kappa shape index (κ2) is 7.31. The van der Waals surface area contributed by atoms with Crippen LogP contribution in [0.2, 0.25) is 0 Å². The Bertz CT molecular complexity index is 832. The summed E-state index contributed by atoms with van der Waals surface area (Å²) in [5, 5.41) is 7.80. The van der Waals surface area contributed by atoms with E-state index in [-0.39, 0.29) is 18.2 Å². The van der Waals surface area contributed by atoms with Crippen molar-refractivity contribution in [2.45, 2.75) is 11.7 Å². The van der Waals surface area contributed by atoms with Gasteiger partial charge in [0.2, 0.25) is 11.8 Å². The molecule has 2 aromatic carbocycles. The quantitative estimate of drug-likeness (QED) is 0.823. The van der Waals surface area contributed by atoms with Crippen LogP contribution in [0, 0.1) is 0 Å². The van der Waals surface area contributed by atoms with E-state index in [1.54, 1.807) is 6.08 Å². The van der Waals surface area contributed by atoms with E-state index in [2.05, 4.69) is 22.2 Å². The molecule has 1 atom stereocenters. The number of aliphatic imine (C=N–C) groups is 1. The molecule has 0 radical (unpaired) electrons. The lowest BCUT2D eigenvalue weighted by Crippen LogP contribution is -2.28. The number of hydrogen-bond donors (Lipinski definition) is 2. The molecule has 0 unspecified atom stereocenters. The third-order valence-electron chi connectivity index (χ3n) is 3.54. The van der Waals surface area contributed by atoms with Crippen molar-refractivity contribution in [2.24, 2.45) is 4.99 Å². The summed E-state index contributed by atoms with van der Waals surface area (Å²) < 4.78 is 0. The minimum atomic E-state index is -0.450. The minimum absolute atomic E-state index is 0.108. The lowest BCUT2D eigenvalue weighted by molar-refractivity contribution is -0.122. The van der Waals surface area contributed by atoms with Gasteiger partial charge in [-0.1, -0.05) is 48.2 Å². The average Bonchev–Trinajstić information content (AvgIpc) is 2.92. The van der Waals surface area contributed by atoms with Gasteiger partial charge in [-0.05, 0) is 22.9 Å². The molecule has 3 rings (SSSR count). The Morgan fingerprint density at radius 3 is 2.88 bits per heavy atom. The van der Waals surface area contributed by atoms with E-state index in [9.17, 15) is 9.59 Å². The molecule has 1 aliphatic rings. The number of nitrogens with zero attached hydrogens (tertiary/aromatic N) is 1. The number of thioether (sulfide) groups is 1. The molecular formula is C18H17N3O2S. The zero-order valence-corrected chi connectivity index (χ0v) is 13.8. The molecule has 5 nitrogen and oxygen atoms in total. The number of carbonyl (C=O) groups excluding carboxylic acids is 2. The average molecular weight is 339 g/mol. The summed E-state index contributed by atoms with van der Waals surface area (Å²) in [7, 11) is 0. The summed E-state index contributed by atoms with van der Waals surface area (Å²) in [6.07, 6.45) is 1.76. The van der Waals surface area contributed by atoms with Crippen molar-refractivity contribution < 1.29 is 9.59 Å². The number of anilines is 1. The Hall–Kier alpha value is -2.60. The molecule has 0 bridgehead atoms. The van der Waals surface area contributed by atoms with E-state index < -0.39 is 5.25 Å². The Morgan fingerprint density at radius 2 is 2.08 bits per heavy atom. The Morgan fingerprint density at radius 1 is 1.29 bits per heavy atom. The van der Waals surface area contributed by atoms with Gasteiger partial charge >= 0.3 is 0 Å². The van der Waals surface area contributed by atoms with Crippen LogP contribution in [0.5, 0.6) is 0 Å². The van der Waals surface area contributed by atoms with Gasteiger partial charge in [0, 0.05) is 12.1 Å². The molecule has 0 saturated carbocycles. The highest BCUT2D eigenvalue weighted by Crippen LogP contribution is 2.24. The SMILES string of the molecule is C=CCN=C1NC(=O)[C@H](CC(=O)Nc2ccc3ccccc3c2)S1. The van der Waals surface area contributed by atoms with E-state index >= 15 is 0 Å². The molecule has 0 aromatic heterocycles. The van der Waals surface area contributed by atoms with Crippen LogP contribution >= 0.6 is 11.8 Å². The number of rotatable bonds is 5. The van der Waals surface area contributed by atoms with Gasteiger partial charge < -0.3 is 10.6 Å². The monoisotopic (exact) mass is 339 g/mol. The number of fused-ring (bicyclic) bond motifs is 1. The van der Waals surface area contributed by atoms with Gasteiger partial charge in [0.15, 0.2) is 5.17 Å². The molecule has 2 N–H and O–H groups in total. The first-order chi connectivity index (χ1) is 11.7. The molecular weight excluding hydrogens is 322 g/mol. The summed E-state index contributed by atoms with van der Waals surface area (Å²) in [6.45, 7) is 4.03. The van der Waals surface area contributed by atoms with Crippen molar-refractivity contribution in [3.05, 3.63) is 55.1 Å².